The van der Waals surface area contributed by atoms with E-state index in [9.17, 15) is 13.2 Å². The third-order valence-corrected chi connectivity index (χ3v) is 6.33. The largest absolute Gasteiger partial charge is 0.373 e. The van der Waals surface area contributed by atoms with E-state index in [1.54, 1.807) is 0 Å². The monoisotopic (exact) mass is 294 g/mol. The minimum absolute atomic E-state index is 0.122. The molecule has 2 heterocycles. The van der Waals surface area contributed by atoms with Crippen LogP contribution in [0.5, 0.6) is 0 Å². The van der Waals surface area contributed by atoms with Gasteiger partial charge in [0.15, 0.2) is 9.84 Å². The summed E-state index contributed by atoms with van der Waals surface area (Å²) < 4.78 is 23.4. The summed E-state index contributed by atoms with van der Waals surface area (Å²) in [6, 6.07) is 7.53. The molecule has 2 N–H and O–H groups in total. The van der Waals surface area contributed by atoms with Crippen LogP contribution in [0.2, 0.25) is 0 Å². The average molecular weight is 294 g/mol. The first-order valence-electron chi connectivity index (χ1n) is 6.90. The zero-order valence-electron chi connectivity index (χ0n) is 11.1. The lowest BCUT2D eigenvalue weighted by atomic mass is 10.1. The SMILES string of the molecule is O=C(NCC1CCCS1(=O)=O)[C@@H]1Cc2ccccc2N1. The van der Waals surface area contributed by atoms with Crippen molar-refractivity contribution in [2.75, 3.05) is 17.6 Å². The molecule has 1 unspecified atom stereocenters. The molecule has 0 saturated carbocycles. The fourth-order valence-corrected chi connectivity index (χ4v) is 4.65. The van der Waals surface area contributed by atoms with Gasteiger partial charge in [0.25, 0.3) is 0 Å². The maximum atomic E-state index is 12.1. The van der Waals surface area contributed by atoms with Crippen LogP contribution in [0.4, 0.5) is 5.69 Å². The second-order valence-electron chi connectivity index (χ2n) is 5.43. The molecule has 2 aliphatic rings. The third-order valence-electron chi connectivity index (χ3n) is 4.05. The van der Waals surface area contributed by atoms with Gasteiger partial charge in [0.2, 0.25) is 5.91 Å². The highest BCUT2D eigenvalue weighted by Crippen LogP contribution is 2.25. The standard InChI is InChI=1S/C14H18N2O3S/c17-14(15-9-11-5-3-7-20(11,18)19)13-8-10-4-1-2-6-12(10)16-13/h1-2,4,6,11,13,16H,3,5,7-9H2,(H,15,17)/t11?,13-/m0/s1. The number of carbonyl (C=O) groups excluding carboxylic acids is 1. The van der Waals surface area contributed by atoms with E-state index >= 15 is 0 Å². The van der Waals surface area contributed by atoms with Crippen LogP contribution >= 0.6 is 0 Å². The van der Waals surface area contributed by atoms with Gasteiger partial charge < -0.3 is 10.6 Å². The highest BCUT2D eigenvalue weighted by molar-refractivity contribution is 7.92. The Balaban J connectivity index is 1.57. The van der Waals surface area contributed by atoms with Gasteiger partial charge in [0.05, 0.1) is 11.0 Å². The van der Waals surface area contributed by atoms with Crippen molar-refractivity contribution in [3.8, 4) is 0 Å². The van der Waals surface area contributed by atoms with Crippen LogP contribution in [-0.4, -0.2) is 37.9 Å². The lowest BCUT2D eigenvalue weighted by Crippen LogP contribution is -2.42. The van der Waals surface area contributed by atoms with Gasteiger partial charge >= 0.3 is 0 Å². The highest BCUT2D eigenvalue weighted by Gasteiger charge is 2.33. The van der Waals surface area contributed by atoms with Gasteiger partial charge in [-0.15, -0.1) is 0 Å². The number of hydrogen-bond acceptors (Lipinski definition) is 4. The molecule has 1 fully saturated rings. The topological polar surface area (TPSA) is 75.3 Å². The van der Waals surface area contributed by atoms with E-state index in [0.717, 1.165) is 11.3 Å². The number of rotatable bonds is 3. The van der Waals surface area contributed by atoms with E-state index in [1.807, 2.05) is 24.3 Å². The predicted octanol–water partition coefficient (Wildman–Crippen LogP) is 0.717. The van der Waals surface area contributed by atoms with Crippen molar-refractivity contribution < 1.29 is 13.2 Å². The summed E-state index contributed by atoms with van der Waals surface area (Å²) in [6.45, 7) is 0.232. The van der Waals surface area contributed by atoms with Crippen LogP contribution in [-0.2, 0) is 21.1 Å². The lowest BCUT2D eigenvalue weighted by Gasteiger charge is -2.14. The summed E-state index contributed by atoms with van der Waals surface area (Å²) in [5.41, 5.74) is 2.11. The number of nitrogens with one attached hydrogen (secondary N) is 2. The Morgan fingerprint density at radius 2 is 2.15 bits per heavy atom. The zero-order chi connectivity index (χ0) is 14.2. The van der Waals surface area contributed by atoms with Crippen LogP contribution in [0.25, 0.3) is 0 Å². The van der Waals surface area contributed by atoms with Crippen molar-refractivity contribution in [1.29, 1.82) is 0 Å². The van der Waals surface area contributed by atoms with Crippen molar-refractivity contribution in [2.45, 2.75) is 30.6 Å². The van der Waals surface area contributed by atoms with Gasteiger partial charge in [-0.1, -0.05) is 18.2 Å². The molecule has 20 heavy (non-hydrogen) atoms. The van der Waals surface area contributed by atoms with Crippen molar-refractivity contribution in [3.05, 3.63) is 29.8 Å². The molecule has 2 atom stereocenters. The highest BCUT2D eigenvalue weighted by atomic mass is 32.2. The summed E-state index contributed by atoms with van der Waals surface area (Å²) in [5.74, 6) is 0.129. The Labute approximate surface area is 118 Å². The normalized spacial score (nSPS) is 26.8. The second-order valence-corrected chi connectivity index (χ2v) is 7.84. The Kier molecular flexibility index (Phi) is 3.41. The molecular weight excluding hydrogens is 276 g/mol. The smallest absolute Gasteiger partial charge is 0.242 e. The molecule has 6 heteroatoms. The van der Waals surface area contributed by atoms with Gasteiger partial charge in [-0.2, -0.15) is 0 Å². The number of benzene rings is 1. The summed E-state index contributed by atoms with van der Waals surface area (Å²) >= 11 is 0. The van der Waals surface area contributed by atoms with Crippen molar-refractivity contribution >= 4 is 21.4 Å². The van der Waals surface area contributed by atoms with E-state index in [1.165, 1.54) is 0 Å². The minimum atomic E-state index is -3.00. The molecule has 5 nitrogen and oxygen atoms in total. The van der Waals surface area contributed by atoms with Gasteiger partial charge in [-0.05, 0) is 24.5 Å². The molecule has 0 bridgehead atoms. The molecule has 1 saturated heterocycles. The molecule has 0 radical (unpaired) electrons. The number of amides is 1. The Morgan fingerprint density at radius 1 is 1.35 bits per heavy atom. The Morgan fingerprint density at radius 3 is 2.85 bits per heavy atom. The summed E-state index contributed by atoms with van der Waals surface area (Å²) in [5, 5.41) is 5.54. The quantitative estimate of drug-likeness (QED) is 0.861. The van der Waals surface area contributed by atoms with Gasteiger partial charge in [0.1, 0.15) is 6.04 Å². The summed E-state index contributed by atoms with van der Waals surface area (Å²) in [6.07, 6.45) is 2.01. The summed E-state index contributed by atoms with van der Waals surface area (Å²) in [7, 11) is -3.00. The Hall–Kier alpha value is -1.56. The number of hydrogen-bond donors (Lipinski definition) is 2. The molecule has 3 rings (SSSR count). The summed E-state index contributed by atoms with van der Waals surface area (Å²) in [4.78, 5) is 12.1. The molecule has 0 aromatic heterocycles. The number of anilines is 1. The van der Waals surface area contributed by atoms with Crippen LogP contribution in [0.15, 0.2) is 24.3 Å². The fourth-order valence-electron chi connectivity index (χ4n) is 2.88. The molecule has 1 amide bonds. The van der Waals surface area contributed by atoms with E-state index in [0.29, 0.717) is 19.3 Å². The van der Waals surface area contributed by atoms with Crippen molar-refractivity contribution in [3.63, 3.8) is 0 Å². The van der Waals surface area contributed by atoms with Gasteiger partial charge in [0, 0.05) is 18.7 Å². The maximum absolute atomic E-state index is 12.1. The Bertz CT molecular complexity index is 602. The van der Waals surface area contributed by atoms with Crippen LogP contribution in [0.1, 0.15) is 18.4 Å². The number of para-hydroxylation sites is 1. The second kappa shape index (κ2) is 5.09. The van der Waals surface area contributed by atoms with E-state index < -0.39 is 15.1 Å². The number of fused-ring (bicyclic) bond motifs is 1. The van der Waals surface area contributed by atoms with E-state index in [-0.39, 0.29) is 24.2 Å². The number of sulfone groups is 1. The molecule has 0 aliphatic carbocycles. The van der Waals surface area contributed by atoms with Crippen molar-refractivity contribution in [1.82, 2.24) is 5.32 Å². The fraction of sp³-hybridized carbons (Fsp3) is 0.500. The van der Waals surface area contributed by atoms with Gasteiger partial charge in [-0.3, -0.25) is 4.79 Å². The van der Waals surface area contributed by atoms with Crippen molar-refractivity contribution in [2.24, 2.45) is 0 Å². The van der Waals surface area contributed by atoms with Crippen LogP contribution in [0.3, 0.4) is 0 Å². The zero-order valence-corrected chi connectivity index (χ0v) is 11.9. The lowest BCUT2D eigenvalue weighted by molar-refractivity contribution is -0.121. The molecule has 1 aromatic carbocycles. The average Bonchev–Trinajstić information content (AvgIpc) is 2.98. The molecule has 108 valence electrons. The van der Waals surface area contributed by atoms with E-state index in [2.05, 4.69) is 10.6 Å². The molecule has 1 aromatic rings. The minimum Gasteiger partial charge on any atom is -0.373 e. The maximum Gasteiger partial charge on any atom is 0.242 e. The van der Waals surface area contributed by atoms with Crippen LogP contribution < -0.4 is 10.6 Å². The molecular formula is C14H18N2O3S. The first kappa shape index (κ1) is 13.4. The third kappa shape index (κ3) is 2.52. The van der Waals surface area contributed by atoms with Crippen LogP contribution in [0, 0.1) is 0 Å². The van der Waals surface area contributed by atoms with E-state index in [4.69, 9.17) is 0 Å². The molecule has 0 spiro atoms. The first-order chi connectivity index (χ1) is 9.56. The number of carbonyl (C=O) groups is 1. The first-order valence-corrected chi connectivity index (χ1v) is 8.61. The molecule has 2 aliphatic heterocycles. The predicted molar refractivity (Wildman–Crippen MR) is 77.4 cm³/mol. The van der Waals surface area contributed by atoms with Gasteiger partial charge in [-0.25, -0.2) is 8.42 Å².